The minimum absolute atomic E-state index is 0.0161. The molecule has 1 aromatic rings. The first-order valence-corrected chi connectivity index (χ1v) is 9.44. The number of hydrogen-bond acceptors (Lipinski definition) is 5. The average Bonchev–Trinajstić information content (AvgIpc) is 2.59. The van der Waals surface area contributed by atoms with Crippen LogP contribution in [-0.2, 0) is 4.79 Å². The predicted octanol–water partition coefficient (Wildman–Crippen LogP) is 3.07. The van der Waals surface area contributed by atoms with E-state index in [0.717, 1.165) is 24.3 Å². The highest BCUT2D eigenvalue weighted by molar-refractivity contribution is 7.99. The van der Waals surface area contributed by atoms with Crippen molar-refractivity contribution in [2.24, 2.45) is 0 Å². The summed E-state index contributed by atoms with van der Waals surface area (Å²) >= 11 is 1.95. The predicted molar refractivity (Wildman–Crippen MR) is 96.2 cm³/mol. The van der Waals surface area contributed by atoms with E-state index >= 15 is 0 Å². The van der Waals surface area contributed by atoms with E-state index in [1.165, 1.54) is 6.92 Å². The van der Waals surface area contributed by atoms with Crippen LogP contribution in [0, 0.1) is 0 Å². The van der Waals surface area contributed by atoms with Crippen molar-refractivity contribution in [3.8, 4) is 11.5 Å². The maximum atomic E-state index is 11.9. The molecule has 1 aliphatic heterocycles. The summed E-state index contributed by atoms with van der Waals surface area (Å²) in [6, 6.07) is 5.45. The Morgan fingerprint density at radius 1 is 1.25 bits per heavy atom. The number of Topliss-reactive ketones (excluding diaryl/α,β-unsaturated/α-hetero) is 1. The van der Waals surface area contributed by atoms with Gasteiger partial charge >= 0.3 is 0 Å². The number of amides is 1. The molecule has 0 atom stereocenters. The van der Waals surface area contributed by atoms with Crippen LogP contribution in [0.3, 0.4) is 0 Å². The van der Waals surface area contributed by atoms with Crippen LogP contribution in [0.2, 0.25) is 0 Å². The first-order valence-electron chi connectivity index (χ1n) is 8.29. The van der Waals surface area contributed by atoms with Gasteiger partial charge in [0.2, 0.25) is 5.91 Å². The van der Waals surface area contributed by atoms with Gasteiger partial charge in [0.25, 0.3) is 0 Å². The minimum atomic E-state index is -0.0161. The van der Waals surface area contributed by atoms with Crippen molar-refractivity contribution < 1.29 is 19.1 Å². The third-order valence-electron chi connectivity index (χ3n) is 3.96. The molecule has 0 saturated carbocycles. The number of thioether (sulfide) groups is 1. The topological polar surface area (TPSA) is 64.6 Å². The Hall–Kier alpha value is -1.69. The third kappa shape index (κ3) is 5.74. The first kappa shape index (κ1) is 18.6. The van der Waals surface area contributed by atoms with Crippen molar-refractivity contribution in [3.05, 3.63) is 23.8 Å². The molecule has 6 heteroatoms. The van der Waals surface area contributed by atoms with Crippen LogP contribution in [0.15, 0.2) is 18.2 Å². The van der Waals surface area contributed by atoms with Gasteiger partial charge in [0.05, 0.1) is 13.7 Å². The van der Waals surface area contributed by atoms with Gasteiger partial charge in [-0.15, -0.1) is 0 Å². The molecule has 1 N–H and O–H groups in total. The van der Waals surface area contributed by atoms with Crippen LogP contribution in [0.1, 0.15) is 43.0 Å². The van der Waals surface area contributed by atoms with Crippen LogP contribution in [-0.4, -0.2) is 43.0 Å². The van der Waals surface area contributed by atoms with Gasteiger partial charge < -0.3 is 14.8 Å². The highest BCUT2D eigenvalue weighted by Gasteiger charge is 2.15. The molecule has 0 aromatic heterocycles. The minimum Gasteiger partial charge on any atom is -0.493 e. The molecule has 24 heavy (non-hydrogen) atoms. The molecule has 0 unspecified atom stereocenters. The van der Waals surface area contributed by atoms with Gasteiger partial charge in [0, 0.05) is 18.0 Å². The maximum Gasteiger partial charge on any atom is 0.220 e. The molecule has 0 radical (unpaired) electrons. The Morgan fingerprint density at radius 2 is 2.00 bits per heavy atom. The number of nitrogens with one attached hydrogen (secondary N) is 1. The SMILES string of the molecule is COc1cc(C(C)=O)ccc1OCCCC(=O)NC1CCSCC1. The van der Waals surface area contributed by atoms with Crippen molar-refractivity contribution in [1.82, 2.24) is 5.32 Å². The number of ketones is 1. The van der Waals surface area contributed by atoms with Gasteiger partial charge in [-0.2, -0.15) is 11.8 Å². The standard InChI is InChI=1S/C18H25NO4S/c1-13(20)14-5-6-16(17(12-14)22-2)23-9-3-4-18(21)19-15-7-10-24-11-8-15/h5-6,12,15H,3-4,7-11H2,1-2H3,(H,19,21). The van der Waals surface area contributed by atoms with E-state index in [-0.39, 0.29) is 11.7 Å². The highest BCUT2D eigenvalue weighted by Crippen LogP contribution is 2.28. The Balaban J connectivity index is 1.73. The molecule has 1 fully saturated rings. The van der Waals surface area contributed by atoms with Crippen LogP contribution in [0.5, 0.6) is 11.5 Å². The smallest absolute Gasteiger partial charge is 0.220 e. The Bertz CT molecular complexity index is 570. The summed E-state index contributed by atoms with van der Waals surface area (Å²) in [6.07, 6.45) is 3.22. The van der Waals surface area contributed by atoms with Gasteiger partial charge in [0.15, 0.2) is 17.3 Å². The molecule has 1 heterocycles. The second-order valence-electron chi connectivity index (χ2n) is 5.83. The van der Waals surface area contributed by atoms with Crippen molar-refractivity contribution in [2.45, 2.75) is 38.6 Å². The van der Waals surface area contributed by atoms with E-state index in [9.17, 15) is 9.59 Å². The van der Waals surface area contributed by atoms with E-state index in [2.05, 4.69) is 5.32 Å². The lowest BCUT2D eigenvalue weighted by atomic mass is 10.1. The van der Waals surface area contributed by atoms with Crippen LogP contribution < -0.4 is 14.8 Å². The molecule has 1 aliphatic rings. The van der Waals surface area contributed by atoms with Gasteiger partial charge in [-0.3, -0.25) is 9.59 Å². The number of ether oxygens (including phenoxy) is 2. The molecular weight excluding hydrogens is 326 g/mol. The average molecular weight is 351 g/mol. The lowest BCUT2D eigenvalue weighted by molar-refractivity contribution is -0.122. The Labute approximate surface area is 147 Å². The third-order valence-corrected chi connectivity index (χ3v) is 5.01. The number of rotatable bonds is 8. The zero-order valence-electron chi connectivity index (χ0n) is 14.3. The molecule has 1 saturated heterocycles. The quantitative estimate of drug-likeness (QED) is 0.576. The number of carbonyl (C=O) groups excluding carboxylic acids is 2. The molecule has 5 nitrogen and oxygen atoms in total. The van der Waals surface area contributed by atoms with E-state index in [1.54, 1.807) is 25.3 Å². The second-order valence-corrected chi connectivity index (χ2v) is 7.05. The lowest BCUT2D eigenvalue weighted by Crippen LogP contribution is -2.37. The summed E-state index contributed by atoms with van der Waals surface area (Å²) in [7, 11) is 1.54. The zero-order chi connectivity index (χ0) is 17.4. The number of methoxy groups -OCH3 is 1. The number of carbonyl (C=O) groups is 2. The van der Waals surface area contributed by atoms with Gasteiger partial charge in [-0.1, -0.05) is 0 Å². The van der Waals surface area contributed by atoms with Crippen LogP contribution in [0.25, 0.3) is 0 Å². The fraction of sp³-hybridized carbons (Fsp3) is 0.556. The van der Waals surface area contributed by atoms with Crippen molar-refractivity contribution in [2.75, 3.05) is 25.2 Å². The summed E-state index contributed by atoms with van der Waals surface area (Å²) in [4.78, 5) is 23.3. The summed E-state index contributed by atoms with van der Waals surface area (Å²) in [5.74, 6) is 3.46. The molecule has 0 bridgehead atoms. The van der Waals surface area contributed by atoms with Crippen molar-refractivity contribution in [3.63, 3.8) is 0 Å². The Morgan fingerprint density at radius 3 is 2.67 bits per heavy atom. The van der Waals surface area contributed by atoms with E-state index in [0.29, 0.717) is 42.6 Å². The molecule has 2 rings (SSSR count). The normalized spacial score (nSPS) is 14.9. The first-order chi connectivity index (χ1) is 11.6. The molecular formula is C18H25NO4S. The monoisotopic (exact) mass is 351 g/mol. The summed E-state index contributed by atoms with van der Waals surface area (Å²) < 4.78 is 10.9. The summed E-state index contributed by atoms with van der Waals surface area (Å²) in [6.45, 7) is 1.95. The second kappa shape index (κ2) is 9.57. The molecule has 0 aliphatic carbocycles. The van der Waals surface area contributed by atoms with Gasteiger partial charge in [0.1, 0.15) is 0 Å². The lowest BCUT2D eigenvalue weighted by Gasteiger charge is -2.22. The fourth-order valence-electron chi connectivity index (χ4n) is 2.56. The molecule has 1 aromatic carbocycles. The number of benzene rings is 1. The van der Waals surface area contributed by atoms with Crippen LogP contribution >= 0.6 is 11.8 Å². The number of hydrogen-bond donors (Lipinski definition) is 1. The van der Waals surface area contributed by atoms with E-state index in [1.807, 2.05) is 11.8 Å². The van der Waals surface area contributed by atoms with Crippen molar-refractivity contribution >= 4 is 23.5 Å². The molecule has 0 spiro atoms. The molecule has 1 amide bonds. The largest absolute Gasteiger partial charge is 0.493 e. The van der Waals surface area contributed by atoms with E-state index in [4.69, 9.17) is 9.47 Å². The van der Waals surface area contributed by atoms with Crippen molar-refractivity contribution in [1.29, 1.82) is 0 Å². The Kier molecular flexibility index (Phi) is 7.43. The van der Waals surface area contributed by atoms with Crippen LogP contribution in [0.4, 0.5) is 0 Å². The molecule has 132 valence electrons. The fourth-order valence-corrected chi connectivity index (χ4v) is 3.67. The highest BCUT2D eigenvalue weighted by atomic mass is 32.2. The van der Waals surface area contributed by atoms with E-state index < -0.39 is 0 Å². The van der Waals surface area contributed by atoms with Gasteiger partial charge in [-0.05, 0) is 55.9 Å². The van der Waals surface area contributed by atoms with Gasteiger partial charge in [-0.25, -0.2) is 0 Å². The zero-order valence-corrected chi connectivity index (χ0v) is 15.1. The summed E-state index contributed by atoms with van der Waals surface area (Å²) in [5.41, 5.74) is 0.587. The summed E-state index contributed by atoms with van der Waals surface area (Å²) in [5, 5.41) is 3.09. The maximum absolute atomic E-state index is 11.9.